The number of non-ortho nitro benzene ring substituents is 1. The SMILES string of the molecule is CCc1ccc(N2C[C@H](C(=O)OCC(=O)Nc3cccc([N+](=O)[O-])c3)CC2=O)cc1. The van der Waals surface area contributed by atoms with Gasteiger partial charge in [0.05, 0.1) is 10.8 Å². The molecule has 0 radical (unpaired) electrons. The number of esters is 1. The molecule has 1 aliphatic rings. The Morgan fingerprint density at radius 2 is 1.97 bits per heavy atom. The largest absolute Gasteiger partial charge is 0.455 e. The highest BCUT2D eigenvalue weighted by Gasteiger charge is 2.36. The average Bonchev–Trinajstić information content (AvgIpc) is 3.14. The van der Waals surface area contributed by atoms with Crippen LogP contribution in [0.1, 0.15) is 18.9 Å². The van der Waals surface area contributed by atoms with E-state index in [0.29, 0.717) is 0 Å². The number of nitro groups is 1. The highest BCUT2D eigenvalue weighted by atomic mass is 16.6. The molecule has 2 amide bonds. The summed E-state index contributed by atoms with van der Waals surface area (Å²) >= 11 is 0. The van der Waals surface area contributed by atoms with Crippen LogP contribution in [0.5, 0.6) is 0 Å². The number of hydrogen-bond donors (Lipinski definition) is 1. The molecular formula is C21H21N3O6. The summed E-state index contributed by atoms with van der Waals surface area (Å²) in [5.41, 5.74) is 1.93. The molecule has 9 nitrogen and oxygen atoms in total. The molecule has 1 heterocycles. The molecule has 30 heavy (non-hydrogen) atoms. The van der Waals surface area contributed by atoms with E-state index in [9.17, 15) is 24.5 Å². The molecule has 1 N–H and O–H groups in total. The van der Waals surface area contributed by atoms with E-state index >= 15 is 0 Å². The number of aryl methyl sites for hydroxylation is 1. The van der Waals surface area contributed by atoms with Gasteiger partial charge in [-0.2, -0.15) is 0 Å². The zero-order valence-corrected chi connectivity index (χ0v) is 16.4. The summed E-state index contributed by atoms with van der Waals surface area (Å²) in [6.45, 7) is 1.68. The van der Waals surface area contributed by atoms with Crippen LogP contribution in [0.25, 0.3) is 0 Å². The van der Waals surface area contributed by atoms with Gasteiger partial charge in [0.25, 0.3) is 11.6 Å². The van der Waals surface area contributed by atoms with Gasteiger partial charge >= 0.3 is 5.97 Å². The number of ether oxygens (including phenoxy) is 1. The summed E-state index contributed by atoms with van der Waals surface area (Å²) in [7, 11) is 0. The van der Waals surface area contributed by atoms with E-state index in [1.165, 1.54) is 29.2 Å². The smallest absolute Gasteiger partial charge is 0.311 e. The Morgan fingerprint density at radius 3 is 2.63 bits per heavy atom. The molecule has 0 aromatic heterocycles. The number of hydrogen-bond acceptors (Lipinski definition) is 6. The Kier molecular flexibility index (Phi) is 6.41. The highest BCUT2D eigenvalue weighted by Crippen LogP contribution is 2.26. The van der Waals surface area contributed by atoms with Crippen molar-refractivity contribution in [3.63, 3.8) is 0 Å². The van der Waals surface area contributed by atoms with Gasteiger partial charge in [0.2, 0.25) is 5.91 Å². The lowest BCUT2D eigenvalue weighted by Crippen LogP contribution is -2.28. The van der Waals surface area contributed by atoms with Crippen LogP contribution in [0.15, 0.2) is 48.5 Å². The summed E-state index contributed by atoms with van der Waals surface area (Å²) < 4.78 is 5.04. The second-order valence-corrected chi connectivity index (χ2v) is 6.89. The third-order valence-corrected chi connectivity index (χ3v) is 4.80. The van der Waals surface area contributed by atoms with E-state index in [-0.39, 0.29) is 30.2 Å². The lowest BCUT2D eigenvalue weighted by Gasteiger charge is -2.17. The Labute approximate surface area is 172 Å². The van der Waals surface area contributed by atoms with Crippen LogP contribution >= 0.6 is 0 Å². The maximum atomic E-state index is 12.3. The number of nitro benzene ring substituents is 1. The lowest BCUT2D eigenvalue weighted by atomic mass is 10.1. The highest BCUT2D eigenvalue weighted by molar-refractivity contribution is 6.00. The van der Waals surface area contributed by atoms with Crippen molar-refractivity contribution in [2.24, 2.45) is 5.92 Å². The van der Waals surface area contributed by atoms with Crippen molar-refractivity contribution in [3.8, 4) is 0 Å². The fraction of sp³-hybridized carbons (Fsp3) is 0.286. The summed E-state index contributed by atoms with van der Waals surface area (Å²) in [6.07, 6.45) is 0.905. The minimum atomic E-state index is -0.658. The van der Waals surface area contributed by atoms with E-state index in [1.54, 1.807) is 0 Å². The number of amides is 2. The van der Waals surface area contributed by atoms with Gasteiger partial charge in [0, 0.05) is 36.5 Å². The number of nitrogens with one attached hydrogen (secondary N) is 1. The topological polar surface area (TPSA) is 119 Å². The number of benzene rings is 2. The minimum Gasteiger partial charge on any atom is -0.455 e. The maximum absolute atomic E-state index is 12.3. The molecule has 0 spiro atoms. The molecule has 1 fully saturated rings. The van der Waals surface area contributed by atoms with Gasteiger partial charge in [-0.05, 0) is 30.2 Å². The third-order valence-electron chi connectivity index (χ3n) is 4.80. The quantitative estimate of drug-likeness (QED) is 0.425. The second kappa shape index (κ2) is 9.17. The Bertz CT molecular complexity index is 973. The van der Waals surface area contributed by atoms with Gasteiger partial charge in [-0.15, -0.1) is 0 Å². The van der Waals surface area contributed by atoms with Crippen LogP contribution in [0.2, 0.25) is 0 Å². The monoisotopic (exact) mass is 411 g/mol. The molecule has 0 unspecified atom stereocenters. The third kappa shape index (κ3) is 4.99. The molecule has 0 bridgehead atoms. The van der Waals surface area contributed by atoms with E-state index in [4.69, 9.17) is 4.74 Å². The van der Waals surface area contributed by atoms with Crippen LogP contribution in [0.4, 0.5) is 17.1 Å². The fourth-order valence-electron chi connectivity index (χ4n) is 3.18. The molecule has 2 aromatic rings. The predicted octanol–water partition coefficient (Wildman–Crippen LogP) is 2.69. The Hall–Kier alpha value is -3.75. The first-order chi connectivity index (χ1) is 14.4. The molecule has 1 atom stereocenters. The molecule has 156 valence electrons. The second-order valence-electron chi connectivity index (χ2n) is 6.89. The van der Waals surface area contributed by atoms with Crippen molar-refractivity contribution in [2.75, 3.05) is 23.4 Å². The first-order valence-corrected chi connectivity index (χ1v) is 9.47. The van der Waals surface area contributed by atoms with Crippen LogP contribution < -0.4 is 10.2 Å². The van der Waals surface area contributed by atoms with Crippen LogP contribution in [0, 0.1) is 16.0 Å². The molecule has 1 saturated heterocycles. The van der Waals surface area contributed by atoms with Gasteiger partial charge < -0.3 is 15.0 Å². The zero-order valence-electron chi connectivity index (χ0n) is 16.4. The Balaban J connectivity index is 1.52. The maximum Gasteiger partial charge on any atom is 0.311 e. The zero-order chi connectivity index (χ0) is 21.7. The van der Waals surface area contributed by atoms with Crippen LogP contribution in [-0.4, -0.2) is 35.9 Å². The van der Waals surface area contributed by atoms with Crippen molar-refractivity contribution in [1.29, 1.82) is 0 Å². The predicted molar refractivity (Wildman–Crippen MR) is 109 cm³/mol. The molecule has 1 aliphatic heterocycles. The molecule has 0 saturated carbocycles. The van der Waals surface area contributed by atoms with Crippen molar-refractivity contribution >= 4 is 34.8 Å². The number of carbonyl (C=O) groups excluding carboxylic acids is 3. The summed E-state index contributed by atoms with van der Waals surface area (Å²) in [5, 5.41) is 13.2. The van der Waals surface area contributed by atoms with Crippen LogP contribution in [0.3, 0.4) is 0 Å². The van der Waals surface area contributed by atoms with Gasteiger partial charge in [0.15, 0.2) is 6.61 Å². The first-order valence-electron chi connectivity index (χ1n) is 9.47. The van der Waals surface area contributed by atoms with Crippen molar-refractivity contribution in [2.45, 2.75) is 19.8 Å². The number of carbonyl (C=O) groups is 3. The number of anilines is 2. The summed E-state index contributed by atoms with van der Waals surface area (Å²) in [5.74, 6) is -2.10. The number of nitrogens with zero attached hydrogens (tertiary/aromatic N) is 2. The van der Waals surface area contributed by atoms with Crippen molar-refractivity contribution in [3.05, 3.63) is 64.2 Å². The Morgan fingerprint density at radius 1 is 1.23 bits per heavy atom. The minimum absolute atomic E-state index is 0.0147. The molecule has 0 aliphatic carbocycles. The molecule has 3 rings (SSSR count). The van der Waals surface area contributed by atoms with Crippen molar-refractivity contribution < 1.29 is 24.0 Å². The van der Waals surface area contributed by atoms with E-state index < -0.39 is 29.3 Å². The van der Waals surface area contributed by atoms with E-state index in [2.05, 4.69) is 5.32 Å². The fourth-order valence-corrected chi connectivity index (χ4v) is 3.18. The number of rotatable bonds is 7. The van der Waals surface area contributed by atoms with Gasteiger partial charge in [-0.25, -0.2) is 0 Å². The van der Waals surface area contributed by atoms with Gasteiger partial charge in [-0.3, -0.25) is 24.5 Å². The first kappa shape index (κ1) is 21.0. The molecule has 9 heteroatoms. The van der Waals surface area contributed by atoms with Crippen molar-refractivity contribution in [1.82, 2.24) is 0 Å². The van der Waals surface area contributed by atoms with E-state index in [0.717, 1.165) is 17.7 Å². The summed E-state index contributed by atoms with van der Waals surface area (Å²) in [6, 6.07) is 13.0. The standard InChI is InChI=1S/C21H21N3O6/c1-2-14-6-8-17(9-7-14)23-12-15(10-20(23)26)21(27)30-13-19(25)22-16-4-3-5-18(11-16)24(28)29/h3-9,11,15H,2,10,12-13H2,1H3,(H,22,25)/t15-/m1/s1. The summed E-state index contributed by atoms with van der Waals surface area (Å²) in [4.78, 5) is 48.3. The lowest BCUT2D eigenvalue weighted by molar-refractivity contribution is -0.384. The molecular weight excluding hydrogens is 390 g/mol. The van der Waals surface area contributed by atoms with Gasteiger partial charge in [0.1, 0.15) is 0 Å². The normalized spacial score (nSPS) is 15.7. The van der Waals surface area contributed by atoms with Crippen LogP contribution in [-0.2, 0) is 25.5 Å². The van der Waals surface area contributed by atoms with Gasteiger partial charge in [-0.1, -0.05) is 25.1 Å². The van der Waals surface area contributed by atoms with E-state index in [1.807, 2.05) is 31.2 Å². The average molecular weight is 411 g/mol. The molecule has 2 aromatic carbocycles.